The average Bonchev–Trinajstić information content (AvgIpc) is 1.89. The monoisotopic (exact) mass is 206 g/mol. The van der Waals surface area contributed by atoms with E-state index in [1.54, 1.807) is 0 Å². The highest BCUT2D eigenvalue weighted by atomic mass is 79.9. The van der Waals surface area contributed by atoms with Crippen LogP contribution in [0.2, 0.25) is 0 Å². The van der Waals surface area contributed by atoms with Gasteiger partial charge < -0.3 is 0 Å². The molecule has 0 N–H and O–H groups in total. The fraction of sp³-hybridized carbons (Fsp3) is 0.778. The number of hydrogen-bond donors (Lipinski definition) is 0. The molecule has 0 aliphatic rings. The highest BCUT2D eigenvalue weighted by Gasteiger charge is 1.76. The van der Waals surface area contributed by atoms with Crippen molar-refractivity contribution in [1.29, 1.82) is 0 Å². The second kappa shape index (κ2) is 12.0. The van der Waals surface area contributed by atoms with Gasteiger partial charge in [0, 0.05) is 0 Å². The molecule has 0 saturated carbocycles. The van der Waals surface area contributed by atoms with E-state index in [0.29, 0.717) is 0 Å². The lowest BCUT2D eigenvalue weighted by Gasteiger charge is -1.87. The van der Waals surface area contributed by atoms with Gasteiger partial charge in [-0.15, -0.1) is 17.0 Å². The van der Waals surface area contributed by atoms with Crippen LogP contribution in [0.4, 0.5) is 0 Å². The van der Waals surface area contributed by atoms with Crippen LogP contribution >= 0.6 is 17.0 Å². The van der Waals surface area contributed by atoms with E-state index in [0.717, 1.165) is 0 Å². The minimum absolute atomic E-state index is 0. The number of unbranched alkanes of at least 4 members (excludes halogenated alkanes) is 3. The van der Waals surface area contributed by atoms with Crippen molar-refractivity contribution in [2.24, 2.45) is 0 Å². The molecule has 0 heterocycles. The maximum Gasteiger partial charge on any atom is -0.0351 e. The first-order chi connectivity index (χ1) is 4.41. The molecule has 10 heavy (non-hydrogen) atoms. The SMILES string of the molecule is Br.CCCC=CCCCC. The molecular weight excluding hydrogens is 188 g/mol. The highest BCUT2D eigenvalue weighted by Crippen LogP contribution is 1.96. The number of halogens is 1. The van der Waals surface area contributed by atoms with Gasteiger partial charge in [0.1, 0.15) is 0 Å². The molecule has 0 saturated heterocycles. The predicted molar refractivity (Wildman–Crippen MR) is 53.9 cm³/mol. The first kappa shape index (κ1) is 12.9. The van der Waals surface area contributed by atoms with Crippen molar-refractivity contribution < 1.29 is 0 Å². The van der Waals surface area contributed by atoms with E-state index in [4.69, 9.17) is 0 Å². The van der Waals surface area contributed by atoms with Crippen LogP contribution < -0.4 is 0 Å². The van der Waals surface area contributed by atoms with E-state index in [1.165, 1.54) is 32.1 Å². The van der Waals surface area contributed by atoms with Crippen LogP contribution in [-0.2, 0) is 0 Å². The molecule has 0 radical (unpaired) electrons. The van der Waals surface area contributed by atoms with Crippen LogP contribution in [0.15, 0.2) is 12.2 Å². The van der Waals surface area contributed by atoms with E-state index < -0.39 is 0 Å². The Balaban J connectivity index is 0. The van der Waals surface area contributed by atoms with E-state index in [-0.39, 0.29) is 17.0 Å². The summed E-state index contributed by atoms with van der Waals surface area (Å²) < 4.78 is 0. The lowest BCUT2D eigenvalue weighted by Crippen LogP contribution is -1.66. The van der Waals surface area contributed by atoms with Crippen molar-refractivity contribution in [2.75, 3.05) is 0 Å². The first-order valence-corrected chi connectivity index (χ1v) is 4.06. The molecule has 0 fully saturated rings. The van der Waals surface area contributed by atoms with Gasteiger partial charge in [0.2, 0.25) is 0 Å². The van der Waals surface area contributed by atoms with Gasteiger partial charge in [0.25, 0.3) is 0 Å². The molecule has 62 valence electrons. The molecule has 0 atom stereocenters. The Morgan fingerprint density at radius 1 is 0.900 bits per heavy atom. The second-order valence-corrected chi connectivity index (χ2v) is 2.40. The van der Waals surface area contributed by atoms with Crippen LogP contribution in [0.25, 0.3) is 0 Å². The van der Waals surface area contributed by atoms with Crippen molar-refractivity contribution in [3.63, 3.8) is 0 Å². The molecule has 0 aliphatic carbocycles. The Morgan fingerprint density at radius 2 is 1.50 bits per heavy atom. The molecule has 0 aromatic rings. The Bertz CT molecular complexity index is 67.1. The van der Waals surface area contributed by atoms with Crippen LogP contribution in [-0.4, -0.2) is 0 Å². The molecule has 0 bridgehead atoms. The summed E-state index contributed by atoms with van der Waals surface area (Å²) in [5.74, 6) is 0. The Labute approximate surface area is 75.5 Å². The summed E-state index contributed by atoms with van der Waals surface area (Å²) in [4.78, 5) is 0. The summed E-state index contributed by atoms with van der Waals surface area (Å²) in [6.45, 7) is 4.44. The van der Waals surface area contributed by atoms with Gasteiger partial charge in [-0.2, -0.15) is 0 Å². The molecular formula is C9H19Br. The highest BCUT2D eigenvalue weighted by molar-refractivity contribution is 8.93. The molecule has 0 amide bonds. The van der Waals surface area contributed by atoms with E-state index in [2.05, 4.69) is 26.0 Å². The standard InChI is InChI=1S/C9H18.BrH/c1-3-5-7-9-8-6-4-2;/h7,9H,3-6,8H2,1-2H3;1H. The second-order valence-electron chi connectivity index (χ2n) is 2.40. The molecule has 0 nitrogen and oxygen atoms in total. The Kier molecular flexibility index (Phi) is 15.4. The minimum Gasteiger partial charge on any atom is -0.114 e. The fourth-order valence-corrected chi connectivity index (χ4v) is 0.724. The van der Waals surface area contributed by atoms with Gasteiger partial charge in [-0.05, 0) is 12.8 Å². The summed E-state index contributed by atoms with van der Waals surface area (Å²) >= 11 is 0. The number of hydrogen-bond acceptors (Lipinski definition) is 0. The van der Waals surface area contributed by atoms with Gasteiger partial charge in [0.05, 0.1) is 0 Å². The molecule has 0 spiro atoms. The van der Waals surface area contributed by atoms with Gasteiger partial charge in [0.15, 0.2) is 0 Å². The predicted octanol–water partition coefficient (Wildman–Crippen LogP) is 4.11. The van der Waals surface area contributed by atoms with Gasteiger partial charge in [-0.25, -0.2) is 0 Å². The lowest BCUT2D eigenvalue weighted by atomic mass is 10.2. The van der Waals surface area contributed by atoms with Gasteiger partial charge >= 0.3 is 0 Å². The van der Waals surface area contributed by atoms with E-state index in [9.17, 15) is 0 Å². The minimum atomic E-state index is 0. The van der Waals surface area contributed by atoms with E-state index in [1.807, 2.05) is 0 Å². The van der Waals surface area contributed by atoms with Crippen molar-refractivity contribution >= 4 is 17.0 Å². The largest absolute Gasteiger partial charge is 0.114 e. The van der Waals surface area contributed by atoms with Crippen molar-refractivity contribution in [2.45, 2.75) is 46.0 Å². The average molecular weight is 207 g/mol. The fourth-order valence-electron chi connectivity index (χ4n) is 0.724. The Hall–Kier alpha value is 0.220. The molecule has 0 rings (SSSR count). The molecule has 0 aromatic carbocycles. The summed E-state index contributed by atoms with van der Waals surface area (Å²) in [5.41, 5.74) is 0. The summed E-state index contributed by atoms with van der Waals surface area (Å²) in [7, 11) is 0. The summed E-state index contributed by atoms with van der Waals surface area (Å²) in [6.07, 6.45) is 11.1. The topological polar surface area (TPSA) is 0 Å². The summed E-state index contributed by atoms with van der Waals surface area (Å²) in [5, 5.41) is 0. The maximum absolute atomic E-state index is 2.30. The molecule has 0 aliphatic heterocycles. The molecule has 1 heteroatoms. The Morgan fingerprint density at radius 3 is 2.00 bits per heavy atom. The zero-order chi connectivity index (χ0) is 6.95. The van der Waals surface area contributed by atoms with Crippen LogP contribution in [0, 0.1) is 0 Å². The number of rotatable bonds is 5. The molecule has 0 unspecified atom stereocenters. The third-order valence-corrected chi connectivity index (χ3v) is 1.35. The normalized spacial score (nSPS) is 9.80. The molecule has 0 aromatic heterocycles. The van der Waals surface area contributed by atoms with Gasteiger partial charge in [-0.1, -0.05) is 45.3 Å². The third-order valence-electron chi connectivity index (χ3n) is 1.35. The third kappa shape index (κ3) is 11.1. The zero-order valence-corrected chi connectivity index (χ0v) is 8.81. The van der Waals surface area contributed by atoms with Crippen molar-refractivity contribution in [3.05, 3.63) is 12.2 Å². The number of allylic oxidation sites excluding steroid dienone is 2. The van der Waals surface area contributed by atoms with E-state index >= 15 is 0 Å². The van der Waals surface area contributed by atoms with Crippen LogP contribution in [0.5, 0.6) is 0 Å². The zero-order valence-electron chi connectivity index (χ0n) is 7.10. The van der Waals surface area contributed by atoms with Crippen LogP contribution in [0.1, 0.15) is 46.0 Å². The lowest BCUT2D eigenvalue weighted by molar-refractivity contribution is 0.810. The smallest absolute Gasteiger partial charge is 0.0351 e. The van der Waals surface area contributed by atoms with Crippen LogP contribution in [0.3, 0.4) is 0 Å². The van der Waals surface area contributed by atoms with Crippen molar-refractivity contribution in [1.82, 2.24) is 0 Å². The van der Waals surface area contributed by atoms with Crippen molar-refractivity contribution in [3.8, 4) is 0 Å². The van der Waals surface area contributed by atoms with Gasteiger partial charge in [-0.3, -0.25) is 0 Å². The summed E-state index contributed by atoms with van der Waals surface area (Å²) in [6, 6.07) is 0. The maximum atomic E-state index is 2.30. The first-order valence-electron chi connectivity index (χ1n) is 4.06. The quantitative estimate of drug-likeness (QED) is 0.470.